The normalized spacial score (nSPS) is 12.5. The van der Waals surface area contributed by atoms with E-state index in [-0.39, 0.29) is 11.3 Å². The predicted octanol–water partition coefficient (Wildman–Crippen LogP) is 1.87. The Morgan fingerprint density at radius 2 is 2.14 bits per heavy atom. The van der Waals surface area contributed by atoms with Crippen LogP contribution in [0.1, 0.15) is 28.9 Å². The van der Waals surface area contributed by atoms with Crippen LogP contribution in [0.3, 0.4) is 0 Å². The van der Waals surface area contributed by atoms with E-state index in [1.54, 1.807) is 13.0 Å². The first-order valence-corrected chi connectivity index (χ1v) is 4.74. The van der Waals surface area contributed by atoms with Crippen LogP contribution in [-0.2, 0) is 0 Å². The van der Waals surface area contributed by atoms with E-state index in [1.165, 1.54) is 6.07 Å². The Bertz CT molecular complexity index is 377. The molecule has 0 fully saturated rings. The molecule has 0 saturated carbocycles. The van der Waals surface area contributed by atoms with Crippen LogP contribution in [-0.4, -0.2) is 16.2 Å². The number of carbonyl (C=O) groups is 1. The van der Waals surface area contributed by atoms with Gasteiger partial charge in [0.05, 0.1) is 0 Å². The zero-order valence-corrected chi connectivity index (χ0v) is 9.08. The molecule has 0 heterocycles. The van der Waals surface area contributed by atoms with Crippen LogP contribution < -0.4 is 5.73 Å². The van der Waals surface area contributed by atoms with E-state index in [1.807, 2.05) is 0 Å². The number of phenols is 1. The summed E-state index contributed by atoms with van der Waals surface area (Å²) in [7, 11) is 0. The molecule has 4 N–H and O–H groups in total. The molecule has 0 aliphatic carbocycles. The first-order chi connectivity index (χ1) is 6.43. The Hall–Kier alpha value is -1.07. The van der Waals surface area contributed by atoms with Crippen molar-refractivity contribution in [2.75, 3.05) is 0 Å². The zero-order valence-electron chi connectivity index (χ0n) is 7.49. The number of benzene rings is 1. The number of aromatic carboxylic acids is 1. The molecule has 0 spiro atoms. The third-order valence-electron chi connectivity index (χ3n) is 1.83. The fourth-order valence-corrected chi connectivity index (χ4v) is 1.61. The third kappa shape index (κ3) is 2.05. The van der Waals surface area contributed by atoms with Crippen molar-refractivity contribution in [3.8, 4) is 5.75 Å². The second-order valence-corrected chi connectivity index (χ2v) is 3.90. The molecule has 0 aliphatic rings. The smallest absolute Gasteiger partial charge is 0.339 e. The predicted molar refractivity (Wildman–Crippen MR) is 55.4 cm³/mol. The quantitative estimate of drug-likeness (QED) is 0.757. The minimum Gasteiger partial charge on any atom is -0.507 e. The number of carboxylic acids is 1. The highest BCUT2D eigenvalue weighted by molar-refractivity contribution is 9.10. The van der Waals surface area contributed by atoms with E-state index in [0.29, 0.717) is 10.0 Å². The number of nitrogens with two attached hydrogens (primary N) is 1. The minimum atomic E-state index is -1.18. The van der Waals surface area contributed by atoms with E-state index < -0.39 is 12.0 Å². The Kier molecular flexibility index (Phi) is 3.13. The Balaban J connectivity index is 3.40. The molecule has 0 unspecified atom stereocenters. The zero-order chi connectivity index (χ0) is 10.9. The second-order valence-electron chi connectivity index (χ2n) is 2.99. The van der Waals surface area contributed by atoms with Crippen molar-refractivity contribution >= 4 is 21.9 Å². The molecule has 4 nitrogen and oxygen atoms in total. The van der Waals surface area contributed by atoms with Gasteiger partial charge >= 0.3 is 5.97 Å². The number of hydrogen-bond donors (Lipinski definition) is 3. The Morgan fingerprint density at radius 1 is 1.57 bits per heavy atom. The summed E-state index contributed by atoms with van der Waals surface area (Å²) in [6.45, 7) is 1.67. The van der Waals surface area contributed by atoms with Crippen LogP contribution in [0.2, 0.25) is 0 Å². The summed E-state index contributed by atoms with van der Waals surface area (Å²) < 4.78 is 0.583. The SMILES string of the molecule is C[C@@H](N)c1cc(Br)cc(C(=O)O)c1O. The average Bonchev–Trinajstić information content (AvgIpc) is 2.07. The van der Waals surface area contributed by atoms with Gasteiger partial charge in [-0.3, -0.25) is 0 Å². The highest BCUT2D eigenvalue weighted by atomic mass is 79.9. The van der Waals surface area contributed by atoms with E-state index in [4.69, 9.17) is 10.8 Å². The maximum Gasteiger partial charge on any atom is 0.339 e. The summed E-state index contributed by atoms with van der Waals surface area (Å²) in [4.78, 5) is 10.7. The van der Waals surface area contributed by atoms with Crippen molar-refractivity contribution in [3.63, 3.8) is 0 Å². The Labute approximate surface area is 89.5 Å². The summed E-state index contributed by atoms with van der Waals surface area (Å²) in [5.74, 6) is -1.44. The molecule has 1 aromatic rings. The fraction of sp³-hybridized carbons (Fsp3) is 0.222. The summed E-state index contributed by atoms with van der Waals surface area (Å²) in [6, 6.07) is 2.53. The standard InChI is InChI=1S/C9H10BrNO3/c1-4(11)6-2-5(10)3-7(8(6)12)9(13)14/h2-4,12H,11H2,1H3,(H,13,14)/t4-/m1/s1. The van der Waals surface area contributed by atoms with Gasteiger partial charge in [-0.25, -0.2) is 4.79 Å². The van der Waals surface area contributed by atoms with Gasteiger partial charge in [0.15, 0.2) is 0 Å². The molecule has 76 valence electrons. The molecule has 0 saturated heterocycles. The van der Waals surface area contributed by atoms with E-state index >= 15 is 0 Å². The van der Waals surface area contributed by atoms with Crippen molar-refractivity contribution in [2.24, 2.45) is 5.73 Å². The molecule has 14 heavy (non-hydrogen) atoms. The lowest BCUT2D eigenvalue weighted by Gasteiger charge is -2.11. The molecular formula is C9H10BrNO3. The lowest BCUT2D eigenvalue weighted by atomic mass is 10.0. The summed E-state index contributed by atoms with van der Waals surface area (Å²) >= 11 is 3.15. The van der Waals surface area contributed by atoms with Gasteiger partial charge in [0.25, 0.3) is 0 Å². The molecule has 0 aromatic heterocycles. The van der Waals surface area contributed by atoms with Gasteiger partial charge in [-0.15, -0.1) is 0 Å². The molecule has 1 rings (SSSR count). The van der Waals surface area contributed by atoms with Crippen LogP contribution in [0.4, 0.5) is 0 Å². The van der Waals surface area contributed by atoms with Crippen molar-refractivity contribution in [3.05, 3.63) is 27.7 Å². The van der Waals surface area contributed by atoms with Gasteiger partial charge in [-0.1, -0.05) is 15.9 Å². The van der Waals surface area contributed by atoms with Gasteiger partial charge in [-0.05, 0) is 19.1 Å². The largest absolute Gasteiger partial charge is 0.507 e. The van der Waals surface area contributed by atoms with E-state index in [9.17, 15) is 9.90 Å². The molecule has 0 radical (unpaired) electrons. The van der Waals surface area contributed by atoms with Gasteiger partial charge in [-0.2, -0.15) is 0 Å². The van der Waals surface area contributed by atoms with Gasteiger partial charge < -0.3 is 15.9 Å². The fourth-order valence-electron chi connectivity index (χ4n) is 1.13. The number of aromatic hydroxyl groups is 1. The lowest BCUT2D eigenvalue weighted by Crippen LogP contribution is -2.08. The monoisotopic (exact) mass is 259 g/mol. The highest BCUT2D eigenvalue weighted by Crippen LogP contribution is 2.30. The molecule has 0 bridgehead atoms. The van der Waals surface area contributed by atoms with Crippen LogP contribution >= 0.6 is 15.9 Å². The molecule has 0 amide bonds. The topological polar surface area (TPSA) is 83.6 Å². The second kappa shape index (κ2) is 3.98. The van der Waals surface area contributed by atoms with Gasteiger partial charge in [0.1, 0.15) is 11.3 Å². The van der Waals surface area contributed by atoms with Crippen molar-refractivity contribution in [1.82, 2.24) is 0 Å². The third-order valence-corrected chi connectivity index (χ3v) is 2.28. The van der Waals surface area contributed by atoms with E-state index in [0.717, 1.165) is 0 Å². The lowest BCUT2D eigenvalue weighted by molar-refractivity contribution is 0.0693. The molecule has 0 aliphatic heterocycles. The summed E-state index contributed by atoms with van der Waals surface area (Å²) in [6.07, 6.45) is 0. The average molecular weight is 260 g/mol. The van der Waals surface area contributed by atoms with Crippen molar-refractivity contribution < 1.29 is 15.0 Å². The number of halogens is 1. The maximum absolute atomic E-state index is 10.7. The number of carboxylic acid groups (broad SMARTS) is 1. The van der Waals surface area contributed by atoms with E-state index in [2.05, 4.69) is 15.9 Å². The molecule has 1 aromatic carbocycles. The van der Waals surface area contributed by atoms with Crippen molar-refractivity contribution in [2.45, 2.75) is 13.0 Å². The van der Waals surface area contributed by atoms with Crippen LogP contribution in [0.5, 0.6) is 5.75 Å². The van der Waals surface area contributed by atoms with Gasteiger partial charge in [0, 0.05) is 16.1 Å². The summed E-state index contributed by atoms with van der Waals surface area (Å²) in [5, 5.41) is 18.3. The summed E-state index contributed by atoms with van der Waals surface area (Å²) in [5.41, 5.74) is 5.85. The first-order valence-electron chi connectivity index (χ1n) is 3.94. The van der Waals surface area contributed by atoms with Crippen LogP contribution in [0.25, 0.3) is 0 Å². The number of rotatable bonds is 2. The van der Waals surface area contributed by atoms with Gasteiger partial charge in [0.2, 0.25) is 0 Å². The number of hydrogen-bond acceptors (Lipinski definition) is 3. The Morgan fingerprint density at radius 3 is 2.57 bits per heavy atom. The van der Waals surface area contributed by atoms with Crippen molar-refractivity contribution in [1.29, 1.82) is 0 Å². The molecular weight excluding hydrogens is 250 g/mol. The van der Waals surface area contributed by atoms with Crippen LogP contribution in [0, 0.1) is 0 Å². The maximum atomic E-state index is 10.7. The molecule has 5 heteroatoms. The minimum absolute atomic E-state index is 0.147. The molecule has 1 atom stereocenters. The highest BCUT2D eigenvalue weighted by Gasteiger charge is 2.16. The van der Waals surface area contributed by atoms with Crippen LogP contribution in [0.15, 0.2) is 16.6 Å². The first kappa shape index (κ1) is 11.0.